The van der Waals surface area contributed by atoms with Gasteiger partial charge < -0.3 is 4.79 Å². The molecule has 0 heterocycles. The third-order valence-corrected chi connectivity index (χ3v) is 0.893. The summed E-state index contributed by atoms with van der Waals surface area (Å²) in [5.41, 5.74) is 0. The fourth-order valence-electron chi connectivity index (χ4n) is 0.455. The molecule has 4 nitrogen and oxygen atoms in total. The second-order valence-corrected chi connectivity index (χ2v) is 1.68. The van der Waals surface area contributed by atoms with Gasteiger partial charge in [0.25, 0.3) is 5.91 Å². The minimum Gasteiger partial charge on any atom is -0.303 e. The molecule has 0 saturated carbocycles. The van der Waals surface area contributed by atoms with Gasteiger partial charge in [0.1, 0.15) is 6.29 Å². The molecule has 0 radical (unpaired) electrons. The molecular formula is C6H8N2O2. The highest BCUT2D eigenvalue weighted by Crippen LogP contribution is 1.93. The van der Waals surface area contributed by atoms with Gasteiger partial charge in [-0.15, -0.1) is 0 Å². The Labute approximate surface area is 58.5 Å². The van der Waals surface area contributed by atoms with Gasteiger partial charge in [0, 0.05) is 12.8 Å². The number of carbonyl (C=O) groups excluding carboxylic acids is 2. The van der Waals surface area contributed by atoms with E-state index < -0.39 is 5.91 Å². The topological polar surface area (TPSA) is 70.3 Å². The van der Waals surface area contributed by atoms with Crippen LogP contribution in [0.25, 0.3) is 0 Å². The zero-order valence-electron chi connectivity index (χ0n) is 5.46. The van der Waals surface area contributed by atoms with Crippen molar-refractivity contribution in [1.82, 2.24) is 0 Å². The van der Waals surface area contributed by atoms with Gasteiger partial charge in [0.15, 0.2) is 0 Å². The van der Waals surface area contributed by atoms with E-state index in [9.17, 15) is 9.59 Å². The lowest BCUT2D eigenvalue weighted by Gasteiger charge is -1.86. The van der Waals surface area contributed by atoms with Crippen molar-refractivity contribution in [1.29, 1.82) is 5.41 Å². The number of hydrogen-bond donors (Lipinski definition) is 1. The van der Waals surface area contributed by atoms with Gasteiger partial charge in [0.05, 0.1) is 6.01 Å². The van der Waals surface area contributed by atoms with Crippen molar-refractivity contribution in [2.45, 2.75) is 19.3 Å². The van der Waals surface area contributed by atoms with Crippen LogP contribution in [0, 0.1) is 5.41 Å². The van der Waals surface area contributed by atoms with E-state index in [0.717, 1.165) is 6.29 Å². The van der Waals surface area contributed by atoms with Crippen molar-refractivity contribution >= 4 is 18.2 Å². The molecule has 0 bridgehead atoms. The summed E-state index contributed by atoms with van der Waals surface area (Å²) in [5, 5.41) is 6.31. The highest BCUT2D eigenvalue weighted by Gasteiger charge is 1.95. The highest BCUT2D eigenvalue weighted by molar-refractivity contribution is 5.81. The number of nitrogens with zero attached hydrogens (tertiary/aromatic N) is 1. The van der Waals surface area contributed by atoms with Crippen molar-refractivity contribution in [3.05, 3.63) is 0 Å². The van der Waals surface area contributed by atoms with Gasteiger partial charge >= 0.3 is 0 Å². The Balaban J connectivity index is 3.39. The Morgan fingerprint density at radius 3 is 2.90 bits per heavy atom. The molecule has 0 aliphatic carbocycles. The van der Waals surface area contributed by atoms with Crippen LogP contribution >= 0.6 is 0 Å². The number of carbonyl (C=O) groups is 2. The number of rotatable bonds is 4. The molecule has 0 spiro atoms. The summed E-state index contributed by atoms with van der Waals surface area (Å²) in [6, 6.07) is 1.63. The summed E-state index contributed by atoms with van der Waals surface area (Å²) in [7, 11) is 0. The van der Waals surface area contributed by atoms with E-state index >= 15 is 0 Å². The Morgan fingerprint density at radius 1 is 1.70 bits per heavy atom. The van der Waals surface area contributed by atoms with Crippen LogP contribution in [-0.2, 0) is 9.59 Å². The molecule has 0 aromatic rings. The van der Waals surface area contributed by atoms with Crippen molar-refractivity contribution < 1.29 is 9.59 Å². The predicted molar refractivity (Wildman–Crippen MR) is 35.1 cm³/mol. The van der Waals surface area contributed by atoms with Crippen LogP contribution < -0.4 is 0 Å². The minimum absolute atomic E-state index is 0.227. The zero-order valence-corrected chi connectivity index (χ0v) is 5.46. The summed E-state index contributed by atoms with van der Waals surface area (Å²) in [4.78, 5) is 23.3. The van der Waals surface area contributed by atoms with Crippen molar-refractivity contribution in [2.75, 3.05) is 0 Å². The molecule has 0 aromatic carbocycles. The molecule has 0 aliphatic rings. The fourth-order valence-corrected chi connectivity index (χ4v) is 0.455. The average molecular weight is 140 g/mol. The van der Waals surface area contributed by atoms with Crippen LogP contribution in [0.1, 0.15) is 19.3 Å². The molecule has 0 saturated heterocycles. The van der Waals surface area contributed by atoms with E-state index in [2.05, 4.69) is 4.99 Å². The Hall–Kier alpha value is -1.28. The van der Waals surface area contributed by atoms with E-state index in [1.807, 2.05) is 0 Å². The fraction of sp³-hybridized carbons (Fsp3) is 0.500. The molecule has 1 N–H and O–H groups in total. The summed E-state index contributed by atoms with van der Waals surface area (Å²) < 4.78 is 0. The monoisotopic (exact) mass is 140 g/mol. The van der Waals surface area contributed by atoms with E-state index in [4.69, 9.17) is 5.41 Å². The van der Waals surface area contributed by atoms with Gasteiger partial charge in [-0.05, 0) is 6.42 Å². The van der Waals surface area contributed by atoms with Crippen molar-refractivity contribution in [3.8, 4) is 0 Å². The first-order chi connectivity index (χ1) is 4.81. The number of nitrogens with one attached hydrogen (secondary N) is 1. The normalized spacial score (nSPS) is 8.00. The molecule has 0 aliphatic heterocycles. The number of amides is 1. The lowest BCUT2D eigenvalue weighted by atomic mass is 10.2. The second-order valence-electron chi connectivity index (χ2n) is 1.68. The first-order valence-corrected chi connectivity index (χ1v) is 2.90. The minimum atomic E-state index is -0.392. The third-order valence-electron chi connectivity index (χ3n) is 0.893. The number of aliphatic imine (C=N–C) groups is 1. The number of aldehydes is 1. The highest BCUT2D eigenvalue weighted by atomic mass is 16.1. The molecule has 0 atom stereocenters. The molecule has 0 fully saturated rings. The van der Waals surface area contributed by atoms with Crippen LogP contribution in [0.15, 0.2) is 4.99 Å². The molecule has 10 heavy (non-hydrogen) atoms. The van der Waals surface area contributed by atoms with Crippen LogP contribution in [0.3, 0.4) is 0 Å². The lowest BCUT2D eigenvalue weighted by molar-refractivity contribution is -0.117. The van der Waals surface area contributed by atoms with Gasteiger partial charge in [-0.25, -0.2) is 5.41 Å². The summed E-state index contributed by atoms with van der Waals surface area (Å²) in [5.74, 6) is -0.392. The predicted octanol–water partition coefficient (Wildman–Crippen LogP) is 0.635. The number of hydrogen-bond acceptors (Lipinski definition) is 3. The third kappa shape index (κ3) is 4.87. The molecular weight excluding hydrogens is 132 g/mol. The van der Waals surface area contributed by atoms with Crippen LogP contribution in [0.5, 0.6) is 0 Å². The Morgan fingerprint density at radius 2 is 2.40 bits per heavy atom. The van der Waals surface area contributed by atoms with Gasteiger partial charge in [0.2, 0.25) is 0 Å². The van der Waals surface area contributed by atoms with E-state index in [1.54, 1.807) is 6.01 Å². The number of unbranched alkanes of at least 4 members (excludes halogenated alkanes) is 1. The molecule has 54 valence electrons. The first kappa shape index (κ1) is 8.72. The van der Waals surface area contributed by atoms with Gasteiger partial charge in [-0.2, -0.15) is 4.99 Å². The smallest absolute Gasteiger partial charge is 0.255 e. The quantitative estimate of drug-likeness (QED) is 0.353. The summed E-state index contributed by atoms with van der Waals surface area (Å²) >= 11 is 0. The van der Waals surface area contributed by atoms with Crippen LogP contribution in [0.4, 0.5) is 0 Å². The second kappa shape index (κ2) is 5.85. The van der Waals surface area contributed by atoms with E-state index in [1.165, 1.54) is 0 Å². The largest absolute Gasteiger partial charge is 0.303 e. The van der Waals surface area contributed by atoms with Gasteiger partial charge in [-0.1, -0.05) is 0 Å². The van der Waals surface area contributed by atoms with Gasteiger partial charge in [-0.3, -0.25) is 4.79 Å². The maximum atomic E-state index is 10.5. The first-order valence-electron chi connectivity index (χ1n) is 2.90. The molecule has 4 heteroatoms. The summed E-state index contributed by atoms with van der Waals surface area (Å²) in [6.07, 6.45) is 1.86. The van der Waals surface area contributed by atoms with E-state index in [-0.39, 0.29) is 6.42 Å². The van der Waals surface area contributed by atoms with E-state index in [0.29, 0.717) is 12.8 Å². The molecule has 1 amide bonds. The molecule has 0 unspecified atom stereocenters. The van der Waals surface area contributed by atoms with Crippen LogP contribution in [-0.4, -0.2) is 18.2 Å². The molecule has 0 aromatic heterocycles. The van der Waals surface area contributed by atoms with Crippen LogP contribution in [0.2, 0.25) is 0 Å². The standard InChI is InChI=1S/C6H8N2O2/c7-5-8-6(10)3-1-2-4-9/h4,7H,1-3H2. The molecule has 0 rings (SSSR count). The zero-order chi connectivity index (χ0) is 7.82. The lowest BCUT2D eigenvalue weighted by Crippen LogP contribution is -1.91. The summed E-state index contributed by atoms with van der Waals surface area (Å²) in [6.45, 7) is 0. The van der Waals surface area contributed by atoms with Crippen molar-refractivity contribution in [2.24, 2.45) is 4.99 Å². The Kier molecular flexibility index (Phi) is 5.10. The van der Waals surface area contributed by atoms with Crippen molar-refractivity contribution in [3.63, 3.8) is 0 Å². The maximum Gasteiger partial charge on any atom is 0.255 e. The Bertz CT molecular complexity index is 171. The maximum absolute atomic E-state index is 10.5. The SMILES string of the molecule is N=C=NC(=O)CCCC=O. The average Bonchev–Trinajstić information content (AvgIpc) is 1.89.